The molecule has 1 heterocycles. The number of cyclic esters (lactones) is 1. The van der Waals surface area contributed by atoms with Gasteiger partial charge in [0.2, 0.25) is 5.90 Å². The molecule has 0 amide bonds. The predicted molar refractivity (Wildman–Crippen MR) is 98.9 cm³/mol. The van der Waals surface area contributed by atoms with Crippen molar-refractivity contribution in [3.63, 3.8) is 0 Å². The van der Waals surface area contributed by atoms with E-state index in [4.69, 9.17) is 21.1 Å². The summed E-state index contributed by atoms with van der Waals surface area (Å²) in [4.78, 5) is 16.3. The fourth-order valence-electron chi connectivity index (χ4n) is 2.38. The van der Waals surface area contributed by atoms with Gasteiger partial charge in [0.05, 0.1) is 6.10 Å². The Labute approximate surface area is 151 Å². The van der Waals surface area contributed by atoms with E-state index in [-0.39, 0.29) is 6.10 Å². The molecule has 0 aliphatic carbocycles. The van der Waals surface area contributed by atoms with Crippen LogP contribution >= 0.6 is 11.6 Å². The van der Waals surface area contributed by atoms with E-state index in [1.54, 1.807) is 18.2 Å². The van der Waals surface area contributed by atoms with E-state index in [1.165, 1.54) is 0 Å². The number of carbonyl (C=O) groups is 1. The first kappa shape index (κ1) is 17.2. The number of ether oxygens (including phenoxy) is 2. The van der Waals surface area contributed by atoms with Crippen molar-refractivity contribution in [2.45, 2.75) is 26.4 Å². The number of carbonyl (C=O) groups excluding carboxylic acids is 1. The zero-order valence-corrected chi connectivity index (χ0v) is 14.8. The van der Waals surface area contributed by atoms with Crippen LogP contribution in [0.4, 0.5) is 0 Å². The maximum absolute atomic E-state index is 12.0. The average Bonchev–Trinajstić information content (AvgIpc) is 2.90. The van der Waals surface area contributed by atoms with Gasteiger partial charge in [0.1, 0.15) is 5.75 Å². The number of esters is 1. The first-order valence-electron chi connectivity index (χ1n) is 8.02. The van der Waals surface area contributed by atoms with Crippen molar-refractivity contribution in [1.29, 1.82) is 0 Å². The zero-order valence-electron chi connectivity index (χ0n) is 14.0. The Morgan fingerprint density at radius 1 is 1.12 bits per heavy atom. The lowest BCUT2D eigenvalue weighted by Gasteiger charge is -2.09. The van der Waals surface area contributed by atoms with Crippen LogP contribution in [0.1, 0.15) is 25.0 Å². The Morgan fingerprint density at radius 2 is 1.80 bits per heavy atom. The number of hydrogen-bond acceptors (Lipinski definition) is 4. The van der Waals surface area contributed by atoms with Crippen molar-refractivity contribution in [3.8, 4) is 5.75 Å². The lowest BCUT2D eigenvalue weighted by molar-refractivity contribution is -0.130. The quantitative estimate of drug-likeness (QED) is 0.578. The third-order valence-electron chi connectivity index (χ3n) is 3.49. The van der Waals surface area contributed by atoms with Gasteiger partial charge < -0.3 is 9.47 Å². The van der Waals surface area contributed by atoms with Crippen LogP contribution in [-0.2, 0) is 16.0 Å². The van der Waals surface area contributed by atoms with Crippen molar-refractivity contribution in [3.05, 3.63) is 70.4 Å². The minimum absolute atomic E-state index is 0.119. The molecular weight excluding hydrogens is 338 g/mol. The Kier molecular flexibility index (Phi) is 5.19. The van der Waals surface area contributed by atoms with Gasteiger partial charge in [-0.15, -0.1) is 0 Å². The minimum Gasteiger partial charge on any atom is -0.491 e. The van der Waals surface area contributed by atoms with E-state index in [2.05, 4.69) is 4.99 Å². The van der Waals surface area contributed by atoms with Crippen LogP contribution in [-0.4, -0.2) is 18.0 Å². The normalized spacial score (nSPS) is 15.4. The molecule has 0 bridgehead atoms. The Morgan fingerprint density at radius 3 is 2.44 bits per heavy atom. The lowest BCUT2D eigenvalue weighted by atomic mass is 10.1. The van der Waals surface area contributed by atoms with Crippen molar-refractivity contribution >= 4 is 29.5 Å². The van der Waals surface area contributed by atoms with Gasteiger partial charge in [-0.05, 0) is 55.3 Å². The van der Waals surface area contributed by atoms with Gasteiger partial charge in [0.25, 0.3) is 0 Å². The van der Waals surface area contributed by atoms with Gasteiger partial charge >= 0.3 is 5.97 Å². The first-order chi connectivity index (χ1) is 12.0. The Bertz CT molecular complexity index is 821. The molecule has 0 N–H and O–H groups in total. The molecule has 25 heavy (non-hydrogen) atoms. The highest BCUT2D eigenvalue weighted by atomic mass is 35.5. The van der Waals surface area contributed by atoms with Crippen LogP contribution in [0.15, 0.2) is 59.2 Å². The van der Waals surface area contributed by atoms with E-state index in [0.29, 0.717) is 23.0 Å². The minimum atomic E-state index is -0.438. The number of benzene rings is 2. The van der Waals surface area contributed by atoms with Crippen LogP contribution in [0, 0.1) is 0 Å². The molecule has 2 aromatic rings. The first-order valence-corrected chi connectivity index (χ1v) is 8.40. The van der Waals surface area contributed by atoms with Crippen molar-refractivity contribution in [1.82, 2.24) is 0 Å². The molecule has 0 fully saturated rings. The third-order valence-corrected chi connectivity index (χ3v) is 3.74. The summed E-state index contributed by atoms with van der Waals surface area (Å²) in [6.45, 7) is 3.95. The molecule has 1 aliphatic heterocycles. The van der Waals surface area contributed by atoms with E-state index >= 15 is 0 Å². The summed E-state index contributed by atoms with van der Waals surface area (Å²) in [5, 5.41) is 0.666. The number of nitrogens with zero attached hydrogens (tertiary/aromatic N) is 1. The lowest BCUT2D eigenvalue weighted by Crippen LogP contribution is -2.06. The summed E-state index contributed by atoms with van der Waals surface area (Å²) in [5.74, 6) is 0.739. The maximum Gasteiger partial charge on any atom is 0.363 e. The smallest absolute Gasteiger partial charge is 0.363 e. The summed E-state index contributed by atoms with van der Waals surface area (Å²) in [6.07, 6.45) is 2.27. The highest BCUT2D eigenvalue weighted by Crippen LogP contribution is 2.20. The van der Waals surface area contributed by atoms with E-state index in [1.807, 2.05) is 50.2 Å². The molecule has 128 valence electrons. The number of halogens is 1. The van der Waals surface area contributed by atoms with Crippen LogP contribution in [0.2, 0.25) is 5.02 Å². The Balaban J connectivity index is 1.72. The molecule has 5 heteroatoms. The third kappa shape index (κ3) is 4.70. The van der Waals surface area contributed by atoms with Crippen LogP contribution < -0.4 is 4.74 Å². The number of rotatable bonds is 5. The van der Waals surface area contributed by atoms with Crippen molar-refractivity contribution in [2.75, 3.05) is 0 Å². The molecule has 1 aliphatic rings. The standard InChI is InChI=1S/C20H18ClNO3/c1-13(2)24-17-9-5-14(6-10-17)11-18-20(23)25-19(22-18)12-15-3-7-16(21)8-4-15/h3-11,13H,12H2,1-2H3/b18-11+. The maximum atomic E-state index is 12.0. The molecular formula is C20H18ClNO3. The summed E-state index contributed by atoms with van der Waals surface area (Å²) in [5.41, 5.74) is 2.13. The summed E-state index contributed by atoms with van der Waals surface area (Å²) in [7, 11) is 0. The second-order valence-corrected chi connectivity index (χ2v) is 6.40. The second kappa shape index (κ2) is 7.53. The molecule has 0 saturated carbocycles. The van der Waals surface area contributed by atoms with Gasteiger partial charge in [-0.1, -0.05) is 35.9 Å². The molecule has 3 rings (SSSR count). The fraction of sp³-hybridized carbons (Fsp3) is 0.200. The van der Waals surface area contributed by atoms with E-state index < -0.39 is 5.97 Å². The predicted octanol–water partition coefficient (Wildman–Crippen LogP) is 4.67. The van der Waals surface area contributed by atoms with Gasteiger partial charge in [0.15, 0.2) is 5.70 Å². The van der Waals surface area contributed by atoms with Crippen LogP contribution in [0.25, 0.3) is 6.08 Å². The summed E-state index contributed by atoms with van der Waals surface area (Å²) in [6, 6.07) is 14.9. The highest BCUT2D eigenvalue weighted by Gasteiger charge is 2.22. The van der Waals surface area contributed by atoms with Crippen LogP contribution in [0.3, 0.4) is 0 Å². The number of hydrogen-bond donors (Lipinski definition) is 0. The monoisotopic (exact) mass is 355 g/mol. The Hall–Kier alpha value is -2.59. The topological polar surface area (TPSA) is 47.9 Å². The highest BCUT2D eigenvalue weighted by molar-refractivity contribution is 6.30. The van der Waals surface area contributed by atoms with Gasteiger partial charge in [-0.2, -0.15) is 0 Å². The molecule has 0 saturated heterocycles. The molecule has 2 aromatic carbocycles. The molecule has 0 atom stereocenters. The average molecular weight is 356 g/mol. The molecule has 4 nitrogen and oxygen atoms in total. The molecule has 0 radical (unpaired) electrons. The molecule has 0 aromatic heterocycles. The van der Waals surface area contributed by atoms with E-state index in [9.17, 15) is 4.79 Å². The van der Waals surface area contributed by atoms with Gasteiger partial charge in [-0.3, -0.25) is 0 Å². The number of aliphatic imine (C=N–C) groups is 1. The SMILES string of the molecule is CC(C)Oc1ccc(/C=C2/N=C(Cc3ccc(Cl)cc3)OC2=O)cc1. The van der Waals surface area contributed by atoms with Crippen LogP contribution in [0.5, 0.6) is 5.75 Å². The van der Waals surface area contributed by atoms with Gasteiger partial charge in [0, 0.05) is 11.4 Å². The largest absolute Gasteiger partial charge is 0.491 e. The molecule has 0 spiro atoms. The zero-order chi connectivity index (χ0) is 17.8. The summed E-state index contributed by atoms with van der Waals surface area (Å²) < 4.78 is 10.8. The van der Waals surface area contributed by atoms with Gasteiger partial charge in [-0.25, -0.2) is 9.79 Å². The van der Waals surface area contributed by atoms with E-state index in [0.717, 1.165) is 16.9 Å². The molecule has 0 unspecified atom stereocenters. The fourth-order valence-corrected chi connectivity index (χ4v) is 2.50. The summed E-state index contributed by atoms with van der Waals surface area (Å²) >= 11 is 5.87. The second-order valence-electron chi connectivity index (χ2n) is 5.96. The van der Waals surface area contributed by atoms with Crippen molar-refractivity contribution in [2.24, 2.45) is 4.99 Å². The van der Waals surface area contributed by atoms with Crippen molar-refractivity contribution < 1.29 is 14.3 Å².